The highest BCUT2D eigenvalue weighted by Gasteiger charge is 2.10. The minimum Gasteiger partial charge on any atom is -0.486 e. The lowest BCUT2D eigenvalue weighted by Gasteiger charge is -2.19. The number of allylic oxidation sites excluding steroid dienone is 1. The van der Waals surface area contributed by atoms with Gasteiger partial charge in [-0.2, -0.15) is 0 Å². The maximum Gasteiger partial charge on any atom is 0.124 e. The fraction of sp³-hybridized carbons (Fsp3) is 0.500. The minimum atomic E-state index is 0.239. The molecule has 18 heavy (non-hydrogen) atoms. The topological polar surface area (TPSA) is 21.3 Å². The van der Waals surface area contributed by atoms with Crippen LogP contribution in [0.15, 0.2) is 36.4 Å². The Bertz CT molecular complexity index is 386. The lowest BCUT2D eigenvalue weighted by Crippen LogP contribution is -2.16. The molecular weight excluding hydrogens is 222 g/mol. The second-order valence-electron chi connectivity index (χ2n) is 4.86. The molecule has 1 atom stereocenters. The van der Waals surface area contributed by atoms with E-state index in [2.05, 4.69) is 35.7 Å². The molecule has 2 heteroatoms. The predicted octanol–water partition coefficient (Wildman–Crippen LogP) is 3.67. The van der Waals surface area contributed by atoms with Gasteiger partial charge >= 0.3 is 0 Å². The molecular formula is C16H23NO. The molecule has 0 saturated carbocycles. The van der Waals surface area contributed by atoms with Crippen LogP contribution in [0.3, 0.4) is 0 Å². The quantitative estimate of drug-likeness (QED) is 0.817. The summed E-state index contributed by atoms with van der Waals surface area (Å²) in [5, 5.41) is 3.19. The third-order valence-electron chi connectivity index (χ3n) is 3.33. The van der Waals surface area contributed by atoms with Crippen LogP contribution < -0.4 is 10.1 Å². The van der Waals surface area contributed by atoms with Crippen LogP contribution in [0.2, 0.25) is 0 Å². The van der Waals surface area contributed by atoms with E-state index >= 15 is 0 Å². The van der Waals surface area contributed by atoms with Gasteiger partial charge in [-0.25, -0.2) is 0 Å². The fourth-order valence-electron chi connectivity index (χ4n) is 2.35. The van der Waals surface area contributed by atoms with Crippen molar-refractivity contribution in [3.05, 3.63) is 42.0 Å². The summed E-state index contributed by atoms with van der Waals surface area (Å²) in [6.07, 6.45) is 11.0. The molecule has 0 bridgehead atoms. The van der Waals surface area contributed by atoms with Crippen molar-refractivity contribution in [2.75, 3.05) is 7.05 Å². The van der Waals surface area contributed by atoms with Crippen LogP contribution in [0.1, 0.15) is 37.7 Å². The zero-order valence-electron chi connectivity index (χ0n) is 11.2. The Labute approximate surface area is 110 Å². The highest BCUT2D eigenvalue weighted by molar-refractivity contribution is 5.33. The summed E-state index contributed by atoms with van der Waals surface area (Å²) < 4.78 is 6.15. The van der Waals surface area contributed by atoms with Gasteiger partial charge in [-0.05, 0) is 44.9 Å². The van der Waals surface area contributed by atoms with Gasteiger partial charge in [-0.1, -0.05) is 30.7 Å². The van der Waals surface area contributed by atoms with Crippen molar-refractivity contribution in [1.82, 2.24) is 5.32 Å². The molecule has 98 valence electrons. The van der Waals surface area contributed by atoms with Crippen LogP contribution >= 0.6 is 0 Å². The van der Waals surface area contributed by atoms with Crippen molar-refractivity contribution < 1.29 is 4.74 Å². The number of nitrogens with one attached hydrogen (secondary N) is 1. The van der Waals surface area contributed by atoms with Gasteiger partial charge in [0.25, 0.3) is 0 Å². The Hall–Kier alpha value is -1.28. The number of hydrogen-bond acceptors (Lipinski definition) is 2. The van der Waals surface area contributed by atoms with E-state index in [1.807, 2.05) is 13.1 Å². The summed E-state index contributed by atoms with van der Waals surface area (Å²) in [4.78, 5) is 0. The first kappa shape index (κ1) is 13.2. The number of ether oxygens (including phenoxy) is 1. The Morgan fingerprint density at radius 3 is 3.00 bits per heavy atom. The first-order valence-corrected chi connectivity index (χ1v) is 6.96. The SMILES string of the molecule is CNCc1ccccc1OC1/C=C/CCCCC1. The van der Waals surface area contributed by atoms with Crippen LogP contribution in [0.4, 0.5) is 0 Å². The van der Waals surface area contributed by atoms with Crippen LogP contribution in [0.25, 0.3) is 0 Å². The molecule has 2 nitrogen and oxygen atoms in total. The van der Waals surface area contributed by atoms with E-state index in [-0.39, 0.29) is 6.10 Å². The van der Waals surface area contributed by atoms with E-state index in [4.69, 9.17) is 4.74 Å². The molecule has 1 unspecified atom stereocenters. The highest BCUT2D eigenvalue weighted by atomic mass is 16.5. The van der Waals surface area contributed by atoms with Gasteiger partial charge in [0.05, 0.1) is 0 Å². The van der Waals surface area contributed by atoms with Crippen molar-refractivity contribution in [2.45, 2.75) is 44.8 Å². The number of para-hydroxylation sites is 1. The molecule has 0 amide bonds. The molecule has 2 rings (SSSR count). The number of hydrogen-bond donors (Lipinski definition) is 1. The molecule has 0 fully saturated rings. The summed E-state index contributed by atoms with van der Waals surface area (Å²) >= 11 is 0. The molecule has 0 spiro atoms. The van der Waals surface area contributed by atoms with Crippen LogP contribution in [0.5, 0.6) is 5.75 Å². The molecule has 0 radical (unpaired) electrons. The lowest BCUT2D eigenvalue weighted by molar-refractivity contribution is 0.229. The Kier molecular flexibility index (Phi) is 5.28. The maximum absolute atomic E-state index is 6.15. The van der Waals surface area contributed by atoms with Crippen molar-refractivity contribution in [3.8, 4) is 5.75 Å². The summed E-state index contributed by atoms with van der Waals surface area (Å²) in [5.41, 5.74) is 1.23. The Morgan fingerprint density at radius 1 is 1.22 bits per heavy atom. The van der Waals surface area contributed by atoms with Crippen LogP contribution in [-0.2, 0) is 6.54 Å². The van der Waals surface area contributed by atoms with Gasteiger partial charge in [0.2, 0.25) is 0 Å². The van der Waals surface area contributed by atoms with Gasteiger partial charge in [0.15, 0.2) is 0 Å². The molecule has 1 aromatic carbocycles. The average molecular weight is 245 g/mol. The first-order chi connectivity index (χ1) is 8.90. The molecule has 1 aliphatic rings. The van der Waals surface area contributed by atoms with E-state index in [1.165, 1.54) is 31.2 Å². The molecule has 0 aliphatic heterocycles. The summed E-state index contributed by atoms with van der Waals surface area (Å²) in [7, 11) is 1.96. The van der Waals surface area contributed by atoms with Gasteiger partial charge in [-0.15, -0.1) is 0 Å². The van der Waals surface area contributed by atoms with E-state index in [1.54, 1.807) is 0 Å². The smallest absolute Gasteiger partial charge is 0.124 e. The maximum atomic E-state index is 6.15. The van der Waals surface area contributed by atoms with Gasteiger partial charge in [0.1, 0.15) is 11.9 Å². The van der Waals surface area contributed by atoms with E-state index < -0.39 is 0 Å². The predicted molar refractivity (Wildman–Crippen MR) is 75.8 cm³/mol. The van der Waals surface area contributed by atoms with Crippen molar-refractivity contribution in [2.24, 2.45) is 0 Å². The minimum absolute atomic E-state index is 0.239. The van der Waals surface area contributed by atoms with Crippen LogP contribution in [0, 0.1) is 0 Å². The molecule has 0 saturated heterocycles. The fourth-order valence-corrected chi connectivity index (χ4v) is 2.35. The lowest BCUT2D eigenvalue weighted by atomic mass is 10.0. The molecule has 1 N–H and O–H groups in total. The second-order valence-corrected chi connectivity index (χ2v) is 4.86. The molecule has 1 aliphatic carbocycles. The summed E-state index contributed by atoms with van der Waals surface area (Å²) in [6, 6.07) is 8.30. The van der Waals surface area contributed by atoms with Crippen LogP contribution in [-0.4, -0.2) is 13.2 Å². The summed E-state index contributed by atoms with van der Waals surface area (Å²) in [5.74, 6) is 1.02. The van der Waals surface area contributed by atoms with Gasteiger partial charge in [-0.3, -0.25) is 0 Å². The monoisotopic (exact) mass is 245 g/mol. The Morgan fingerprint density at radius 2 is 2.11 bits per heavy atom. The average Bonchev–Trinajstić information content (AvgIpc) is 2.35. The zero-order valence-corrected chi connectivity index (χ0v) is 11.2. The van der Waals surface area contributed by atoms with E-state index in [9.17, 15) is 0 Å². The largest absolute Gasteiger partial charge is 0.486 e. The summed E-state index contributed by atoms with van der Waals surface area (Å²) in [6.45, 7) is 0.854. The van der Waals surface area contributed by atoms with Crippen molar-refractivity contribution in [1.29, 1.82) is 0 Å². The molecule has 1 aromatic rings. The van der Waals surface area contributed by atoms with Crippen molar-refractivity contribution >= 4 is 0 Å². The van der Waals surface area contributed by atoms with Crippen molar-refractivity contribution in [3.63, 3.8) is 0 Å². The third-order valence-corrected chi connectivity index (χ3v) is 3.33. The molecule has 0 aromatic heterocycles. The number of benzene rings is 1. The first-order valence-electron chi connectivity index (χ1n) is 6.96. The number of rotatable bonds is 4. The normalized spacial score (nSPS) is 21.9. The third kappa shape index (κ3) is 3.88. The van der Waals surface area contributed by atoms with E-state index in [0.717, 1.165) is 18.7 Å². The van der Waals surface area contributed by atoms with E-state index in [0.29, 0.717) is 0 Å². The van der Waals surface area contributed by atoms with Gasteiger partial charge in [0, 0.05) is 12.1 Å². The zero-order chi connectivity index (χ0) is 12.6. The molecule has 0 heterocycles. The second kappa shape index (κ2) is 7.22. The Balaban J connectivity index is 2.04. The van der Waals surface area contributed by atoms with Gasteiger partial charge < -0.3 is 10.1 Å². The highest BCUT2D eigenvalue weighted by Crippen LogP contribution is 2.22. The standard InChI is InChI=1S/C16H23NO/c1-17-13-14-9-7-8-12-16(14)18-15-10-5-3-2-4-6-11-15/h5,7-10,12,15,17H,2-4,6,11,13H2,1H3/b10-5+.